The van der Waals surface area contributed by atoms with E-state index in [1.807, 2.05) is 6.07 Å². The molecule has 0 bridgehead atoms. The van der Waals surface area contributed by atoms with Crippen LogP contribution in [-0.4, -0.2) is 16.1 Å². The molecule has 0 unspecified atom stereocenters. The van der Waals surface area contributed by atoms with E-state index in [-0.39, 0.29) is 23.6 Å². The first kappa shape index (κ1) is 15.7. The molecule has 0 radical (unpaired) electrons. The molecule has 0 fully saturated rings. The largest absolute Gasteiger partial charge is 0.309 e. The summed E-state index contributed by atoms with van der Waals surface area (Å²) in [6.45, 7) is 6.17. The summed E-state index contributed by atoms with van der Waals surface area (Å²) in [7, 11) is 0. The fraction of sp³-hybridized carbons (Fsp3) is 0.333. The SMILES string of the molecule is CC(C)(C)c1cc(NC(=O)Cc2ccc(F)c(Br)c2)n[nH]1. The Morgan fingerprint density at radius 1 is 1.38 bits per heavy atom. The number of halogens is 2. The molecule has 0 aliphatic rings. The van der Waals surface area contributed by atoms with Gasteiger partial charge in [-0.15, -0.1) is 0 Å². The molecule has 6 heteroatoms. The third kappa shape index (κ3) is 4.14. The Balaban J connectivity index is 2.01. The van der Waals surface area contributed by atoms with Crippen LogP contribution in [0.5, 0.6) is 0 Å². The Morgan fingerprint density at radius 2 is 2.10 bits per heavy atom. The predicted octanol–water partition coefficient (Wildman–Crippen LogP) is 3.79. The molecule has 1 aromatic heterocycles. The predicted molar refractivity (Wildman–Crippen MR) is 83.7 cm³/mol. The minimum atomic E-state index is -0.346. The van der Waals surface area contributed by atoms with Crippen LogP contribution in [0.4, 0.5) is 10.2 Å². The average molecular weight is 354 g/mol. The third-order valence-corrected chi connectivity index (χ3v) is 3.61. The van der Waals surface area contributed by atoms with Gasteiger partial charge in [-0.2, -0.15) is 5.10 Å². The van der Waals surface area contributed by atoms with Crippen LogP contribution in [0.2, 0.25) is 0 Å². The number of carbonyl (C=O) groups excluding carboxylic acids is 1. The fourth-order valence-electron chi connectivity index (χ4n) is 1.79. The number of nitrogens with one attached hydrogen (secondary N) is 2. The highest BCUT2D eigenvalue weighted by Crippen LogP contribution is 2.22. The van der Waals surface area contributed by atoms with E-state index in [1.54, 1.807) is 12.1 Å². The minimum Gasteiger partial charge on any atom is -0.309 e. The Hall–Kier alpha value is -1.69. The van der Waals surface area contributed by atoms with E-state index in [0.717, 1.165) is 11.3 Å². The number of H-pyrrole nitrogens is 1. The van der Waals surface area contributed by atoms with Gasteiger partial charge in [0.1, 0.15) is 5.82 Å². The summed E-state index contributed by atoms with van der Waals surface area (Å²) < 4.78 is 13.5. The smallest absolute Gasteiger partial charge is 0.229 e. The number of amides is 1. The van der Waals surface area contributed by atoms with Crippen molar-refractivity contribution in [3.8, 4) is 0 Å². The van der Waals surface area contributed by atoms with Crippen LogP contribution >= 0.6 is 15.9 Å². The summed E-state index contributed by atoms with van der Waals surface area (Å²) >= 11 is 3.10. The van der Waals surface area contributed by atoms with E-state index in [0.29, 0.717) is 10.3 Å². The molecule has 0 spiro atoms. The molecule has 0 saturated carbocycles. The highest BCUT2D eigenvalue weighted by atomic mass is 79.9. The number of hydrogen-bond donors (Lipinski definition) is 2. The Labute approximate surface area is 131 Å². The highest BCUT2D eigenvalue weighted by Gasteiger charge is 2.17. The van der Waals surface area contributed by atoms with Gasteiger partial charge in [-0.3, -0.25) is 9.89 Å². The summed E-state index contributed by atoms with van der Waals surface area (Å²) in [4.78, 5) is 12.0. The maximum atomic E-state index is 13.1. The van der Waals surface area contributed by atoms with Crippen molar-refractivity contribution in [3.63, 3.8) is 0 Å². The normalized spacial score (nSPS) is 11.5. The molecule has 0 aliphatic carbocycles. The molecular formula is C15H17BrFN3O. The van der Waals surface area contributed by atoms with Crippen LogP contribution in [0, 0.1) is 5.82 Å². The van der Waals surface area contributed by atoms with Crippen molar-refractivity contribution in [2.75, 3.05) is 5.32 Å². The third-order valence-electron chi connectivity index (χ3n) is 3.00. The number of anilines is 1. The van der Waals surface area contributed by atoms with Gasteiger partial charge in [-0.05, 0) is 33.6 Å². The van der Waals surface area contributed by atoms with Crippen LogP contribution in [-0.2, 0) is 16.6 Å². The first-order valence-corrected chi connectivity index (χ1v) is 7.34. The Kier molecular flexibility index (Phi) is 4.46. The molecule has 21 heavy (non-hydrogen) atoms. The lowest BCUT2D eigenvalue weighted by Gasteiger charge is -2.14. The maximum Gasteiger partial charge on any atom is 0.229 e. The molecule has 1 heterocycles. The lowest BCUT2D eigenvalue weighted by molar-refractivity contribution is -0.115. The van der Waals surface area contributed by atoms with E-state index in [4.69, 9.17) is 0 Å². The molecular weight excluding hydrogens is 337 g/mol. The molecule has 0 atom stereocenters. The van der Waals surface area contributed by atoms with Crippen molar-refractivity contribution < 1.29 is 9.18 Å². The van der Waals surface area contributed by atoms with Gasteiger partial charge in [0.05, 0.1) is 10.9 Å². The van der Waals surface area contributed by atoms with Crippen molar-refractivity contribution in [3.05, 3.63) is 45.8 Å². The summed E-state index contributed by atoms with van der Waals surface area (Å²) in [6.07, 6.45) is 0.163. The average Bonchev–Trinajstić information content (AvgIpc) is 2.82. The molecule has 2 aromatic rings. The number of aromatic amines is 1. The van der Waals surface area contributed by atoms with Crippen LogP contribution in [0.25, 0.3) is 0 Å². The zero-order chi connectivity index (χ0) is 15.6. The first-order chi connectivity index (χ1) is 9.75. The quantitative estimate of drug-likeness (QED) is 0.881. The first-order valence-electron chi connectivity index (χ1n) is 6.55. The van der Waals surface area contributed by atoms with Crippen molar-refractivity contribution in [2.24, 2.45) is 0 Å². The molecule has 112 valence electrons. The lowest BCUT2D eigenvalue weighted by atomic mass is 9.92. The monoisotopic (exact) mass is 353 g/mol. The van der Waals surface area contributed by atoms with Crippen LogP contribution < -0.4 is 5.32 Å². The number of benzene rings is 1. The molecule has 1 aromatic carbocycles. The van der Waals surface area contributed by atoms with Crippen molar-refractivity contribution in [1.29, 1.82) is 0 Å². The van der Waals surface area contributed by atoms with Crippen molar-refractivity contribution in [1.82, 2.24) is 10.2 Å². The van der Waals surface area contributed by atoms with E-state index >= 15 is 0 Å². The lowest BCUT2D eigenvalue weighted by Crippen LogP contribution is -2.14. The van der Waals surface area contributed by atoms with Gasteiger partial charge in [-0.1, -0.05) is 26.8 Å². The van der Waals surface area contributed by atoms with Gasteiger partial charge in [0.2, 0.25) is 5.91 Å². The van der Waals surface area contributed by atoms with Crippen LogP contribution in [0.1, 0.15) is 32.0 Å². The highest BCUT2D eigenvalue weighted by molar-refractivity contribution is 9.10. The molecule has 0 saturated heterocycles. The fourth-order valence-corrected chi connectivity index (χ4v) is 2.22. The molecule has 1 amide bonds. The molecule has 0 aliphatic heterocycles. The zero-order valence-electron chi connectivity index (χ0n) is 12.1. The summed E-state index contributed by atoms with van der Waals surface area (Å²) in [5.41, 5.74) is 1.62. The van der Waals surface area contributed by atoms with Crippen molar-refractivity contribution >= 4 is 27.7 Å². The second kappa shape index (κ2) is 5.97. The number of rotatable bonds is 3. The summed E-state index contributed by atoms with van der Waals surface area (Å²) in [5, 5.41) is 9.71. The number of hydrogen-bond acceptors (Lipinski definition) is 2. The van der Waals surface area contributed by atoms with Gasteiger partial charge < -0.3 is 5.32 Å². The standard InChI is InChI=1S/C15H17BrFN3O/c1-15(2,3)12-8-13(20-19-12)18-14(21)7-9-4-5-11(17)10(16)6-9/h4-6,8H,7H2,1-3H3,(H2,18,19,20,21). The Bertz CT molecular complexity index is 661. The van der Waals surface area contributed by atoms with Crippen LogP contribution in [0.15, 0.2) is 28.7 Å². The second-order valence-corrected chi connectivity index (χ2v) is 6.74. The summed E-state index contributed by atoms with van der Waals surface area (Å²) in [5.74, 6) is -0.0483. The topological polar surface area (TPSA) is 57.8 Å². The second-order valence-electron chi connectivity index (χ2n) is 5.89. The van der Waals surface area contributed by atoms with E-state index in [1.165, 1.54) is 6.07 Å². The van der Waals surface area contributed by atoms with Gasteiger partial charge in [0, 0.05) is 17.2 Å². The molecule has 2 N–H and O–H groups in total. The van der Waals surface area contributed by atoms with Gasteiger partial charge in [-0.25, -0.2) is 4.39 Å². The van der Waals surface area contributed by atoms with Gasteiger partial charge in [0.15, 0.2) is 5.82 Å². The van der Waals surface area contributed by atoms with Gasteiger partial charge in [0.25, 0.3) is 0 Å². The number of nitrogens with zero attached hydrogens (tertiary/aromatic N) is 1. The van der Waals surface area contributed by atoms with E-state index < -0.39 is 0 Å². The minimum absolute atomic E-state index is 0.0577. The van der Waals surface area contributed by atoms with E-state index in [9.17, 15) is 9.18 Å². The van der Waals surface area contributed by atoms with Gasteiger partial charge >= 0.3 is 0 Å². The van der Waals surface area contributed by atoms with Crippen LogP contribution in [0.3, 0.4) is 0 Å². The molecule has 4 nitrogen and oxygen atoms in total. The Morgan fingerprint density at radius 3 is 2.67 bits per heavy atom. The van der Waals surface area contributed by atoms with Crippen molar-refractivity contribution in [2.45, 2.75) is 32.6 Å². The summed E-state index contributed by atoms with van der Waals surface area (Å²) in [6, 6.07) is 6.34. The zero-order valence-corrected chi connectivity index (χ0v) is 13.7. The number of carbonyl (C=O) groups is 1. The maximum absolute atomic E-state index is 13.1. The van der Waals surface area contributed by atoms with E-state index in [2.05, 4.69) is 52.2 Å². The molecule has 2 rings (SSSR count). The number of aromatic nitrogens is 2.